The lowest BCUT2D eigenvalue weighted by atomic mass is 9.91. The van der Waals surface area contributed by atoms with Gasteiger partial charge in [-0.05, 0) is 54.7 Å². The number of furan rings is 1. The number of nitrogen functional groups attached to an aromatic ring is 1. The minimum absolute atomic E-state index is 0.0809. The lowest BCUT2D eigenvalue weighted by Gasteiger charge is -2.34. The van der Waals surface area contributed by atoms with Crippen molar-refractivity contribution in [2.45, 2.75) is 79.4 Å². The zero-order valence-electron chi connectivity index (χ0n) is 27.1. The van der Waals surface area contributed by atoms with Crippen LogP contribution in [0.4, 0.5) is 33.7 Å². The zero-order valence-corrected chi connectivity index (χ0v) is 27.1. The third-order valence-corrected chi connectivity index (χ3v) is 8.31. The van der Waals surface area contributed by atoms with Crippen LogP contribution in [0.3, 0.4) is 0 Å². The molecule has 12 heteroatoms. The molecule has 0 spiro atoms. The summed E-state index contributed by atoms with van der Waals surface area (Å²) in [5, 5.41) is 9.19. The van der Waals surface area contributed by atoms with Crippen molar-refractivity contribution in [1.29, 1.82) is 5.26 Å². The predicted molar refractivity (Wildman–Crippen MR) is 169 cm³/mol. The van der Waals surface area contributed by atoms with Gasteiger partial charge in [-0.15, -0.1) is 0 Å². The second-order valence-electron chi connectivity index (χ2n) is 12.7. The largest absolute Gasteiger partial charge is 0.463 e. The maximum Gasteiger partial charge on any atom is 0.417 e. The van der Waals surface area contributed by atoms with E-state index in [-0.39, 0.29) is 47.1 Å². The molecule has 2 atom stereocenters. The van der Waals surface area contributed by atoms with Crippen molar-refractivity contribution in [3.8, 4) is 23.2 Å². The van der Waals surface area contributed by atoms with Crippen molar-refractivity contribution in [2.24, 2.45) is 17.8 Å². The fourth-order valence-corrected chi connectivity index (χ4v) is 5.95. The maximum atomic E-state index is 16.9. The molecule has 248 valence electrons. The number of hydrogen-bond acceptors (Lipinski definition) is 7. The van der Waals surface area contributed by atoms with Crippen LogP contribution in [0.15, 0.2) is 22.6 Å². The van der Waals surface area contributed by atoms with E-state index in [1.54, 1.807) is 18.0 Å². The molecule has 4 aromatic rings. The highest BCUT2D eigenvalue weighted by Gasteiger charge is 2.39. The van der Waals surface area contributed by atoms with Crippen molar-refractivity contribution in [3.63, 3.8) is 0 Å². The molecule has 0 aliphatic rings. The van der Waals surface area contributed by atoms with Crippen LogP contribution < -0.4 is 15.4 Å². The Balaban J connectivity index is 2.09. The van der Waals surface area contributed by atoms with Crippen molar-refractivity contribution in [3.05, 3.63) is 41.0 Å². The summed E-state index contributed by atoms with van der Waals surface area (Å²) >= 11 is 0. The molecule has 2 N–H and O–H groups in total. The molecule has 0 saturated heterocycles. The quantitative estimate of drug-likeness (QED) is 0.153. The summed E-state index contributed by atoms with van der Waals surface area (Å²) in [6.07, 6.45) is -1.72. The number of nitrogens with two attached hydrogens (primary N) is 1. The van der Waals surface area contributed by atoms with E-state index >= 15 is 4.39 Å². The van der Waals surface area contributed by atoms with Crippen LogP contribution in [0.1, 0.15) is 78.4 Å². The predicted octanol–water partition coefficient (Wildman–Crippen LogP) is 9.51. The molecule has 0 radical (unpaired) electrons. The highest BCUT2D eigenvalue weighted by Crippen LogP contribution is 2.47. The number of ether oxygens (including phenoxy) is 1. The van der Waals surface area contributed by atoms with Crippen LogP contribution in [0.25, 0.3) is 33.0 Å². The average Bonchev–Trinajstić information content (AvgIpc) is 3.32. The van der Waals surface area contributed by atoms with Gasteiger partial charge < -0.3 is 19.8 Å². The van der Waals surface area contributed by atoms with Crippen LogP contribution in [0.2, 0.25) is 0 Å². The molecule has 0 fully saturated rings. The second kappa shape index (κ2) is 13.7. The first-order valence-electron chi connectivity index (χ1n) is 15.5. The van der Waals surface area contributed by atoms with Gasteiger partial charge in [-0.25, -0.2) is 8.78 Å². The Bertz CT molecular complexity index is 1760. The molecule has 4 rings (SSSR count). The van der Waals surface area contributed by atoms with Crippen LogP contribution in [-0.2, 0) is 6.18 Å². The number of nitrogens with zero attached hydrogens (tertiary/aromatic N) is 4. The smallest absolute Gasteiger partial charge is 0.417 e. The number of fused-ring (bicyclic) bond motifs is 2. The van der Waals surface area contributed by atoms with Gasteiger partial charge in [-0.1, -0.05) is 54.0 Å². The maximum absolute atomic E-state index is 16.9. The van der Waals surface area contributed by atoms with Gasteiger partial charge in [0.05, 0.1) is 17.6 Å². The third kappa shape index (κ3) is 6.83. The van der Waals surface area contributed by atoms with E-state index in [2.05, 4.69) is 23.8 Å². The Morgan fingerprint density at radius 1 is 1.07 bits per heavy atom. The third-order valence-electron chi connectivity index (χ3n) is 8.31. The van der Waals surface area contributed by atoms with Crippen molar-refractivity contribution in [2.75, 3.05) is 24.3 Å². The number of nitriles is 1. The molecule has 0 bridgehead atoms. The Labute approximate surface area is 265 Å². The van der Waals surface area contributed by atoms with E-state index in [1.807, 2.05) is 27.7 Å². The number of anilines is 2. The second-order valence-corrected chi connectivity index (χ2v) is 12.7. The minimum Gasteiger partial charge on any atom is -0.463 e. The average molecular weight is 646 g/mol. The Kier molecular flexibility index (Phi) is 10.3. The standard InChI is InChI=1S/C34H40F5N5O2/c1-8-9-19(6)16-45-33-42-29-21(32(43-33)44(7)25(18(4)5)13-10-17(2)3)14-23(34(37,38)39)27(28(29)36)20-11-12-24(35)30-26(20)22(15-40)31(41)46-30/h11-12,14,17-19,25H,8-10,13,16,41H2,1-7H3. The highest BCUT2D eigenvalue weighted by atomic mass is 19.4. The first kappa shape index (κ1) is 34.7. The van der Waals surface area contributed by atoms with Gasteiger partial charge in [0.15, 0.2) is 17.2 Å². The number of benzene rings is 2. The Hall–Kier alpha value is -4.14. The molecule has 2 aromatic heterocycles. The number of alkyl halides is 3. The van der Waals surface area contributed by atoms with Crippen molar-refractivity contribution in [1.82, 2.24) is 9.97 Å². The molecule has 0 saturated carbocycles. The van der Waals surface area contributed by atoms with Crippen LogP contribution in [-0.4, -0.2) is 29.7 Å². The highest BCUT2D eigenvalue weighted by molar-refractivity contribution is 6.04. The summed E-state index contributed by atoms with van der Waals surface area (Å²) in [6, 6.07) is 4.05. The molecule has 0 aliphatic carbocycles. The van der Waals surface area contributed by atoms with E-state index < -0.39 is 57.0 Å². The summed E-state index contributed by atoms with van der Waals surface area (Å²) in [5.41, 5.74) is 1.73. The van der Waals surface area contributed by atoms with Gasteiger partial charge >= 0.3 is 12.2 Å². The Morgan fingerprint density at radius 2 is 1.76 bits per heavy atom. The minimum atomic E-state index is -5.07. The fraction of sp³-hybridized carbons (Fsp3) is 0.500. The van der Waals surface area contributed by atoms with Crippen LogP contribution >= 0.6 is 0 Å². The molecular weight excluding hydrogens is 605 g/mol. The molecule has 7 nitrogen and oxygen atoms in total. The molecule has 0 amide bonds. The zero-order chi connectivity index (χ0) is 34.1. The fourth-order valence-electron chi connectivity index (χ4n) is 5.95. The Morgan fingerprint density at radius 3 is 2.35 bits per heavy atom. The summed E-state index contributed by atoms with van der Waals surface area (Å²) in [4.78, 5) is 10.6. The van der Waals surface area contributed by atoms with Crippen molar-refractivity contribution >= 4 is 33.6 Å². The first-order chi connectivity index (χ1) is 21.6. The summed E-state index contributed by atoms with van der Waals surface area (Å²) in [6.45, 7) is 12.4. The lowest BCUT2D eigenvalue weighted by molar-refractivity contribution is -0.137. The van der Waals surface area contributed by atoms with Gasteiger partial charge in [0, 0.05) is 24.0 Å². The van der Waals surface area contributed by atoms with E-state index in [1.165, 1.54) is 0 Å². The summed E-state index contributed by atoms with van der Waals surface area (Å²) in [5.74, 6) is -2.11. The summed E-state index contributed by atoms with van der Waals surface area (Å²) in [7, 11) is 1.73. The summed E-state index contributed by atoms with van der Waals surface area (Å²) < 4.78 is 87.3. The first-order valence-corrected chi connectivity index (χ1v) is 15.5. The number of halogens is 5. The molecule has 2 heterocycles. The van der Waals surface area contributed by atoms with Crippen LogP contribution in [0.5, 0.6) is 6.01 Å². The van der Waals surface area contributed by atoms with E-state index in [0.717, 1.165) is 43.9 Å². The van der Waals surface area contributed by atoms with Crippen LogP contribution in [0, 0.1) is 40.7 Å². The molecular formula is C34H40F5N5O2. The van der Waals surface area contributed by atoms with E-state index in [0.29, 0.717) is 5.92 Å². The number of hydrogen-bond donors (Lipinski definition) is 1. The molecule has 0 aliphatic heterocycles. The van der Waals surface area contributed by atoms with Gasteiger partial charge in [-0.3, -0.25) is 0 Å². The SMILES string of the molecule is CCCC(C)COc1nc(N(C)C(CCC(C)C)C(C)C)c2cc(C(F)(F)F)c(-c3ccc(F)c4oc(N)c(C#N)c34)c(F)c2n1. The van der Waals surface area contributed by atoms with Gasteiger partial charge in [0.1, 0.15) is 23.0 Å². The van der Waals surface area contributed by atoms with E-state index in [9.17, 15) is 22.8 Å². The van der Waals surface area contributed by atoms with Gasteiger partial charge in [-0.2, -0.15) is 28.4 Å². The molecule has 2 aromatic carbocycles. The van der Waals surface area contributed by atoms with Gasteiger partial charge in [0.25, 0.3) is 0 Å². The lowest BCUT2D eigenvalue weighted by Crippen LogP contribution is -2.37. The topological polar surface area (TPSA) is 101 Å². The molecule has 46 heavy (non-hydrogen) atoms. The van der Waals surface area contributed by atoms with Gasteiger partial charge in [0.2, 0.25) is 5.88 Å². The number of aromatic nitrogens is 2. The monoisotopic (exact) mass is 645 g/mol. The van der Waals surface area contributed by atoms with E-state index in [4.69, 9.17) is 14.9 Å². The molecule has 2 unspecified atom stereocenters. The van der Waals surface area contributed by atoms with Crippen molar-refractivity contribution < 1.29 is 31.1 Å². The normalized spacial score (nSPS) is 13.5. The number of rotatable bonds is 12.